The first-order chi connectivity index (χ1) is 20.2. The lowest BCUT2D eigenvalue weighted by Crippen LogP contribution is -2.70. The van der Waals surface area contributed by atoms with Gasteiger partial charge in [0.1, 0.15) is 22.7 Å². The highest BCUT2D eigenvalue weighted by Gasteiger charge is 2.55. The van der Waals surface area contributed by atoms with E-state index in [-0.39, 0.29) is 35.1 Å². The SMILES string of the molecule is CN(Cc1ccccc1CC(=O)NC1C(=O)N2C(C(=O)O)=C(C(CC(=O)O)Sc3nn[nH]n3)CS[C@@H]12)C(=O)OC(C)(C)C. The van der Waals surface area contributed by atoms with Gasteiger partial charge in [-0.3, -0.25) is 19.3 Å². The van der Waals surface area contributed by atoms with Gasteiger partial charge in [-0.1, -0.05) is 36.0 Å². The zero-order chi connectivity index (χ0) is 31.5. The second-order valence-corrected chi connectivity index (χ2v) is 13.1. The molecule has 2 aromatic rings. The number of carboxylic acid groups (broad SMARTS) is 2. The van der Waals surface area contributed by atoms with Crippen LogP contribution in [0.25, 0.3) is 0 Å². The summed E-state index contributed by atoms with van der Waals surface area (Å²) in [5.41, 5.74) is 0.651. The second kappa shape index (κ2) is 13.0. The van der Waals surface area contributed by atoms with Crippen LogP contribution in [0.2, 0.25) is 0 Å². The molecule has 0 spiro atoms. The topological polar surface area (TPSA) is 208 Å². The van der Waals surface area contributed by atoms with E-state index in [0.717, 1.165) is 22.2 Å². The van der Waals surface area contributed by atoms with E-state index >= 15 is 0 Å². The van der Waals surface area contributed by atoms with E-state index in [9.17, 15) is 34.2 Å². The van der Waals surface area contributed by atoms with Crippen molar-refractivity contribution in [2.45, 2.75) is 67.6 Å². The molecule has 0 radical (unpaired) electrons. The Morgan fingerprint density at radius 3 is 2.53 bits per heavy atom. The van der Waals surface area contributed by atoms with Crippen LogP contribution in [0.5, 0.6) is 0 Å². The van der Waals surface area contributed by atoms with Gasteiger partial charge in [-0.05, 0) is 42.7 Å². The fraction of sp³-hybridized carbons (Fsp3) is 0.462. The number of nitrogens with zero attached hydrogens (tertiary/aromatic N) is 5. The van der Waals surface area contributed by atoms with Crippen molar-refractivity contribution < 1.29 is 38.9 Å². The molecule has 3 amide bonds. The largest absolute Gasteiger partial charge is 0.481 e. The standard InChI is InChI=1S/C26H31N7O8S2/c1-26(2,3)41-25(40)32(4)11-14-8-6-5-7-13(14)9-17(34)27-19-21(37)33-20(23(38)39)15(12-42-22(19)33)16(10-18(35)36)43-24-28-30-31-29-24/h5-8,16,19,22H,9-12H2,1-4H3,(H,27,34)(H,35,36)(H,38,39)(H,28,29,30,31)/t16?,19?,22-/m0/s1. The highest BCUT2D eigenvalue weighted by atomic mass is 32.2. The molecule has 2 aliphatic heterocycles. The number of carboxylic acids is 2. The molecule has 17 heteroatoms. The zero-order valence-corrected chi connectivity index (χ0v) is 25.4. The minimum atomic E-state index is -1.38. The van der Waals surface area contributed by atoms with Gasteiger partial charge in [-0.15, -0.1) is 22.0 Å². The van der Waals surface area contributed by atoms with Gasteiger partial charge in [0, 0.05) is 24.6 Å². The van der Waals surface area contributed by atoms with E-state index in [4.69, 9.17) is 4.74 Å². The summed E-state index contributed by atoms with van der Waals surface area (Å²) in [5.74, 6) is -3.50. The van der Waals surface area contributed by atoms with Gasteiger partial charge in [0.05, 0.1) is 12.8 Å². The number of fused-ring (bicyclic) bond motifs is 1. The molecule has 230 valence electrons. The van der Waals surface area contributed by atoms with Crippen molar-refractivity contribution in [3.63, 3.8) is 0 Å². The maximum atomic E-state index is 13.2. The number of aromatic amines is 1. The van der Waals surface area contributed by atoms with Gasteiger partial charge in [0.2, 0.25) is 11.1 Å². The van der Waals surface area contributed by atoms with E-state index in [1.165, 1.54) is 16.7 Å². The predicted molar refractivity (Wildman–Crippen MR) is 154 cm³/mol. The summed E-state index contributed by atoms with van der Waals surface area (Å²) in [5, 5.41) is 34.1. The van der Waals surface area contributed by atoms with Gasteiger partial charge < -0.3 is 25.2 Å². The van der Waals surface area contributed by atoms with E-state index in [1.54, 1.807) is 52.1 Å². The summed E-state index contributed by atoms with van der Waals surface area (Å²) in [6.07, 6.45) is -1.01. The Labute approximate surface area is 254 Å². The molecule has 1 aromatic carbocycles. The van der Waals surface area contributed by atoms with Crippen LogP contribution in [0.1, 0.15) is 38.3 Å². The number of benzene rings is 1. The first-order valence-corrected chi connectivity index (χ1v) is 15.0. The van der Waals surface area contributed by atoms with Crippen molar-refractivity contribution >= 4 is 53.4 Å². The molecule has 3 heterocycles. The van der Waals surface area contributed by atoms with Gasteiger partial charge in [0.25, 0.3) is 5.91 Å². The summed E-state index contributed by atoms with van der Waals surface area (Å²) >= 11 is 2.16. The van der Waals surface area contributed by atoms with Gasteiger partial charge in [0.15, 0.2) is 0 Å². The van der Waals surface area contributed by atoms with Crippen LogP contribution >= 0.6 is 23.5 Å². The summed E-state index contributed by atoms with van der Waals surface area (Å²) in [6.45, 7) is 5.50. The van der Waals surface area contributed by atoms with Crippen molar-refractivity contribution in [2.75, 3.05) is 12.8 Å². The number of rotatable bonds is 11. The Bertz CT molecular complexity index is 1440. The number of β-lactam (4-membered cyclic amide) rings is 1. The van der Waals surface area contributed by atoms with Crippen LogP contribution in [-0.4, -0.2) is 106 Å². The van der Waals surface area contributed by atoms with Gasteiger partial charge in [-0.25, -0.2) is 9.59 Å². The van der Waals surface area contributed by atoms with Crippen molar-refractivity contribution in [3.05, 3.63) is 46.7 Å². The van der Waals surface area contributed by atoms with E-state index < -0.39 is 58.5 Å². The van der Waals surface area contributed by atoms with Crippen molar-refractivity contribution in [1.82, 2.24) is 35.7 Å². The number of carbonyl (C=O) groups excluding carboxylic acids is 3. The number of hydrogen-bond acceptors (Lipinski definition) is 11. The normalized spacial score (nSPS) is 18.8. The third-order valence-electron chi connectivity index (χ3n) is 6.42. The molecule has 15 nitrogen and oxygen atoms in total. The quantitative estimate of drug-likeness (QED) is 0.204. The number of nitrogens with one attached hydrogen (secondary N) is 2. The average Bonchev–Trinajstić information content (AvgIpc) is 3.43. The Kier molecular flexibility index (Phi) is 9.64. The Hall–Kier alpha value is -4.12. The van der Waals surface area contributed by atoms with E-state index in [1.807, 2.05) is 0 Å². The number of aromatic nitrogens is 4. The van der Waals surface area contributed by atoms with Gasteiger partial charge >= 0.3 is 18.0 Å². The van der Waals surface area contributed by atoms with E-state index in [0.29, 0.717) is 5.56 Å². The summed E-state index contributed by atoms with van der Waals surface area (Å²) < 4.78 is 5.40. The first-order valence-electron chi connectivity index (χ1n) is 13.1. The third kappa shape index (κ3) is 7.64. The highest BCUT2D eigenvalue weighted by Crippen LogP contribution is 2.44. The minimum absolute atomic E-state index is 0.0750. The van der Waals surface area contributed by atoms with Crippen LogP contribution in [0.3, 0.4) is 0 Å². The van der Waals surface area contributed by atoms with Crippen molar-refractivity contribution in [2.24, 2.45) is 0 Å². The summed E-state index contributed by atoms with van der Waals surface area (Å²) in [7, 11) is 1.59. The molecule has 1 aromatic heterocycles. The molecule has 3 atom stereocenters. The highest BCUT2D eigenvalue weighted by molar-refractivity contribution is 8.01. The number of amides is 3. The van der Waals surface area contributed by atoms with Crippen LogP contribution in [0.15, 0.2) is 40.7 Å². The van der Waals surface area contributed by atoms with E-state index in [2.05, 4.69) is 25.9 Å². The van der Waals surface area contributed by atoms with Gasteiger partial charge in [-0.2, -0.15) is 5.21 Å². The molecule has 2 aliphatic rings. The molecule has 4 N–H and O–H groups in total. The number of ether oxygens (including phenoxy) is 1. The van der Waals surface area contributed by atoms with Crippen LogP contribution < -0.4 is 5.32 Å². The lowest BCUT2D eigenvalue weighted by Gasteiger charge is -2.50. The monoisotopic (exact) mass is 633 g/mol. The smallest absolute Gasteiger partial charge is 0.410 e. The number of hydrogen-bond donors (Lipinski definition) is 4. The number of H-pyrrole nitrogens is 1. The second-order valence-electron chi connectivity index (χ2n) is 10.8. The third-order valence-corrected chi connectivity index (χ3v) is 8.84. The minimum Gasteiger partial charge on any atom is -0.481 e. The summed E-state index contributed by atoms with van der Waals surface area (Å²) in [4.78, 5) is 65.1. The van der Waals surface area contributed by atoms with Crippen LogP contribution in [0.4, 0.5) is 4.79 Å². The number of aliphatic carboxylic acids is 2. The Morgan fingerprint density at radius 2 is 1.93 bits per heavy atom. The zero-order valence-electron chi connectivity index (χ0n) is 23.8. The molecule has 43 heavy (non-hydrogen) atoms. The average molecular weight is 634 g/mol. The maximum absolute atomic E-state index is 13.2. The molecule has 0 saturated carbocycles. The lowest BCUT2D eigenvalue weighted by molar-refractivity contribution is -0.150. The molecular formula is C26H31N7O8S2. The summed E-state index contributed by atoms with van der Waals surface area (Å²) in [6, 6.07) is 6.13. The number of thioether (sulfide) groups is 2. The van der Waals surface area contributed by atoms with Crippen molar-refractivity contribution in [3.8, 4) is 0 Å². The molecule has 0 bridgehead atoms. The molecule has 1 fully saturated rings. The number of carbonyl (C=O) groups is 5. The molecule has 1 saturated heterocycles. The first kappa shape index (κ1) is 31.8. The maximum Gasteiger partial charge on any atom is 0.410 e. The van der Waals surface area contributed by atoms with Crippen LogP contribution in [-0.2, 0) is 36.9 Å². The fourth-order valence-corrected chi connectivity index (χ4v) is 7.08. The predicted octanol–water partition coefficient (Wildman–Crippen LogP) is 1.48. The van der Waals surface area contributed by atoms with Crippen LogP contribution in [0, 0.1) is 0 Å². The van der Waals surface area contributed by atoms with Crippen molar-refractivity contribution in [1.29, 1.82) is 0 Å². The lowest BCUT2D eigenvalue weighted by atomic mass is 9.99. The molecule has 2 unspecified atom stereocenters. The Morgan fingerprint density at radius 1 is 1.23 bits per heavy atom. The number of tetrazole rings is 1. The molecule has 0 aliphatic carbocycles. The molecule has 4 rings (SSSR count). The fourth-order valence-electron chi connectivity index (χ4n) is 4.56. The Balaban J connectivity index is 1.46. The molecular weight excluding hydrogens is 602 g/mol.